The molecule has 1 spiro atoms. The Labute approximate surface area is 252 Å². The lowest BCUT2D eigenvalue weighted by Crippen LogP contribution is -2.57. The normalized spacial score (nSPS) is 15.9. The van der Waals surface area contributed by atoms with Crippen LogP contribution in [0.3, 0.4) is 0 Å². The van der Waals surface area contributed by atoms with Crippen molar-refractivity contribution >= 4 is 23.4 Å². The number of ether oxygens (including phenoxy) is 3. The maximum Gasteiger partial charge on any atom is 0.261 e. The van der Waals surface area contributed by atoms with Gasteiger partial charge in [-0.15, -0.1) is 0 Å². The van der Waals surface area contributed by atoms with Crippen molar-refractivity contribution in [3.63, 3.8) is 0 Å². The number of nitrogens with zero attached hydrogens (tertiary/aromatic N) is 3. The lowest BCUT2D eigenvalue weighted by molar-refractivity contribution is -0.137. The van der Waals surface area contributed by atoms with Crippen molar-refractivity contribution < 1.29 is 28.6 Å². The number of rotatable bonds is 10. The largest absolute Gasteiger partial charge is 0.496 e. The van der Waals surface area contributed by atoms with Crippen molar-refractivity contribution in [1.29, 1.82) is 0 Å². The van der Waals surface area contributed by atoms with Gasteiger partial charge in [0.15, 0.2) is 0 Å². The van der Waals surface area contributed by atoms with Gasteiger partial charge in [0.1, 0.15) is 34.9 Å². The van der Waals surface area contributed by atoms with E-state index in [0.717, 1.165) is 17.0 Å². The summed E-state index contributed by atoms with van der Waals surface area (Å²) in [6.07, 6.45) is 1.47. The highest BCUT2D eigenvalue weighted by molar-refractivity contribution is 6.00. The summed E-state index contributed by atoms with van der Waals surface area (Å²) in [5, 5.41) is 2.95. The number of nitrogens with one attached hydrogen (secondary N) is 1. The third-order valence-electron chi connectivity index (χ3n) is 8.34. The maximum atomic E-state index is 14.1. The Balaban J connectivity index is 1.29. The van der Waals surface area contributed by atoms with Gasteiger partial charge < -0.3 is 34.2 Å². The molecule has 3 aromatic rings. The molecule has 0 saturated carbocycles. The molecule has 3 aromatic carbocycles. The second-order valence-electron chi connectivity index (χ2n) is 10.7. The van der Waals surface area contributed by atoms with Crippen LogP contribution >= 0.6 is 0 Å². The van der Waals surface area contributed by atoms with Crippen molar-refractivity contribution in [1.82, 2.24) is 15.1 Å². The highest BCUT2D eigenvalue weighted by atomic mass is 16.5. The molecule has 0 atom stereocenters. The molecule has 2 aliphatic heterocycles. The minimum atomic E-state index is -0.860. The number of anilines is 1. The number of benzene rings is 3. The molecule has 0 aliphatic carbocycles. The zero-order valence-corrected chi connectivity index (χ0v) is 24.9. The van der Waals surface area contributed by atoms with Crippen LogP contribution in [0.1, 0.15) is 28.8 Å². The van der Waals surface area contributed by atoms with Crippen LogP contribution < -0.4 is 24.4 Å². The number of amides is 3. The fourth-order valence-corrected chi connectivity index (χ4v) is 6.10. The highest BCUT2D eigenvalue weighted by Gasteiger charge is 2.54. The van der Waals surface area contributed by atoms with Gasteiger partial charge in [-0.25, -0.2) is 0 Å². The van der Waals surface area contributed by atoms with Gasteiger partial charge in [0, 0.05) is 25.3 Å². The highest BCUT2D eigenvalue weighted by Crippen LogP contribution is 2.40. The number of hydrogen-bond donors (Lipinski definition) is 1. The zero-order chi connectivity index (χ0) is 30.4. The Morgan fingerprint density at radius 2 is 1.42 bits per heavy atom. The van der Waals surface area contributed by atoms with E-state index in [-0.39, 0.29) is 30.9 Å². The quantitative estimate of drug-likeness (QED) is 0.389. The predicted molar refractivity (Wildman–Crippen MR) is 163 cm³/mol. The molecule has 1 N–H and O–H groups in total. The van der Waals surface area contributed by atoms with Crippen LogP contribution in [0, 0.1) is 0 Å². The van der Waals surface area contributed by atoms with Crippen molar-refractivity contribution in [2.45, 2.75) is 24.8 Å². The van der Waals surface area contributed by atoms with E-state index >= 15 is 0 Å². The lowest BCUT2D eigenvalue weighted by Gasteiger charge is -2.43. The van der Waals surface area contributed by atoms with E-state index in [4.69, 9.17) is 14.2 Å². The molecule has 226 valence electrons. The second-order valence-corrected chi connectivity index (χ2v) is 10.7. The van der Waals surface area contributed by atoms with E-state index in [1.807, 2.05) is 54.6 Å². The number of piperidine rings is 1. The minimum absolute atomic E-state index is 0.0447. The van der Waals surface area contributed by atoms with Crippen molar-refractivity contribution in [2.24, 2.45) is 0 Å². The van der Waals surface area contributed by atoms with Gasteiger partial charge in [-0.3, -0.25) is 14.4 Å². The van der Waals surface area contributed by atoms with Crippen molar-refractivity contribution in [2.75, 3.05) is 59.1 Å². The number of carbonyl (C=O) groups excluding carboxylic acids is 3. The molecule has 2 fully saturated rings. The summed E-state index contributed by atoms with van der Waals surface area (Å²) >= 11 is 0. The number of hydrogen-bond acceptors (Lipinski definition) is 7. The molecule has 2 aliphatic rings. The van der Waals surface area contributed by atoms with Crippen LogP contribution in [-0.2, 0) is 16.0 Å². The molecule has 0 unspecified atom stereocenters. The summed E-state index contributed by atoms with van der Waals surface area (Å²) in [6.45, 7) is 1.41. The van der Waals surface area contributed by atoms with E-state index in [1.54, 1.807) is 35.1 Å². The number of likely N-dealkylation sites (tertiary alicyclic amines) is 1. The van der Waals surface area contributed by atoms with Crippen LogP contribution in [0.25, 0.3) is 0 Å². The first-order valence-electron chi connectivity index (χ1n) is 14.4. The van der Waals surface area contributed by atoms with Gasteiger partial charge in [-0.05, 0) is 55.2 Å². The SMILES string of the molecule is COc1ccccc1CCNC(=O)CN1CN(c2ccccc2)C2(CCN(C(=O)c3c(OC)cccc3OC)CC2)C1=O. The average molecular weight is 587 g/mol. The number of para-hydroxylation sites is 2. The van der Waals surface area contributed by atoms with E-state index in [9.17, 15) is 14.4 Å². The zero-order valence-electron chi connectivity index (χ0n) is 24.9. The van der Waals surface area contributed by atoms with Gasteiger partial charge in [0.25, 0.3) is 11.8 Å². The van der Waals surface area contributed by atoms with Crippen LogP contribution in [-0.4, -0.2) is 87.2 Å². The molecule has 0 bridgehead atoms. The van der Waals surface area contributed by atoms with Gasteiger partial charge in [0.2, 0.25) is 5.91 Å². The predicted octanol–water partition coefficient (Wildman–Crippen LogP) is 3.35. The standard InChI is InChI=1S/C33H38N4O6/c1-41-26-13-8-7-10-24(26)16-19-34-29(38)22-36-23-37(25-11-5-4-6-12-25)33(32(36)40)17-20-35(21-18-33)31(39)30-27(42-2)14-9-15-28(30)43-3/h4-15H,16-23H2,1-3H3,(H,34,38). The van der Waals surface area contributed by atoms with Gasteiger partial charge in [0.05, 0.1) is 28.0 Å². The summed E-state index contributed by atoms with van der Waals surface area (Å²) < 4.78 is 16.3. The molecule has 5 rings (SSSR count). The van der Waals surface area contributed by atoms with Crippen LogP contribution in [0.5, 0.6) is 17.2 Å². The first-order valence-corrected chi connectivity index (χ1v) is 14.4. The van der Waals surface area contributed by atoms with Gasteiger partial charge >= 0.3 is 0 Å². The number of methoxy groups -OCH3 is 3. The molecule has 3 amide bonds. The Hall–Kier alpha value is -4.73. The molecular formula is C33H38N4O6. The van der Waals surface area contributed by atoms with Crippen LogP contribution in [0.15, 0.2) is 72.8 Å². The Bertz CT molecular complexity index is 1430. The summed E-state index contributed by atoms with van der Waals surface area (Å²) in [7, 11) is 4.67. The van der Waals surface area contributed by atoms with Crippen molar-refractivity contribution in [3.05, 3.63) is 83.9 Å². The second kappa shape index (κ2) is 13.1. The monoisotopic (exact) mass is 586 g/mol. The first kappa shape index (κ1) is 29.8. The molecular weight excluding hydrogens is 548 g/mol. The Morgan fingerprint density at radius 3 is 2.07 bits per heavy atom. The molecule has 43 heavy (non-hydrogen) atoms. The third kappa shape index (κ3) is 5.95. The summed E-state index contributed by atoms with van der Waals surface area (Å²) in [5.41, 5.74) is 1.41. The van der Waals surface area contributed by atoms with Crippen LogP contribution in [0.2, 0.25) is 0 Å². The molecule has 2 saturated heterocycles. The van der Waals surface area contributed by atoms with E-state index < -0.39 is 5.54 Å². The first-order chi connectivity index (χ1) is 20.9. The third-order valence-corrected chi connectivity index (χ3v) is 8.34. The van der Waals surface area contributed by atoms with E-state index in [1.165, 1.54) is 14.2 Å². The molecule has 10 nitrogen and oxygen atoms in total. The lowest BCUT2D eigenvalue weighted by atomic mass is 9.85. The molecule has 0 aromatic heterocycles. The summed E-state index contributed by atoms with van der Waals surface area (Å²) in [6, 6.07) is 22.7. The summed E-state index contributed by atoms with van der Waals surface area (Å²) in [5.74, 6) is 1.14. The molecule has 0 radical (unpaired) electrons. The maximum absolute atomic E-state index is 14.1. The Kier molecular flexibility index (Phi) is 9.04. The van der Waals surface area contributed by atoms with Gasteiger partial charge in [-0.1, -0.05) is 42.5 Å². The van der Waals surface area contributed by atoms with E-state index in [0.29, 0.717) is 56.0 Å². The van der Waals surface area contributed by atoms with Gasteiger partial charge in [-0.2, -0.15) is 0 Å². The summed E-state index contributed by atoms with van der Waals surface area (Å²) in [4.78, 5) is 46.2. The fraction of sp³-hybridized carbons (Fsp3) is 0.364. The topological polar surface area (TPSA) is 101 Å². The van der Waals surface area contributed by atoms with E-state index in [2.05, 4.69) is 10.2 Å². The van der Waals surface area contributed by atoms with Crippen molar-refractivity contribution in [3.8, 4) is 17.2 Å². The Morgan fingerprint density at radius 1 is 0.814 bits per heavy atom. The van der Waals surface area contributed by atoms with Crippen LogP contribution in [0.4, 0.5) is 5.69 Å². The smallest absolute Gasteiger partial charge is 0.261 e. The minimum Gasteiger partial charge on any atom is -0.496 e. The average Bonchev–Trinajstić information content (AvgIpc) is 3.30. The molecule has 2 heterocycles. The molecule has 10 heteroatoms. The number of carbonyl (C=O) groups is 3. The fourth-order valence-electron chi connectivity index (χ4n) is 6.10.